The third kappa shape index (κ3) is 2.84. The van der Waals surface area contributed by atoms with Crippen LogP contribution in [0.2, 0.25) is 0 Å². The average Bonchev–Trinajstić information content (AvgIpc) is 2.17. The summed E-state index contributed by atoms with van der Waals surface area (Å²) in [5.41, 5.74) is 0.442. The van der Waals surface area contributed by atoms with E-state index in [0.717, 1.165) is 4.31 Å². The summed E-state index contributed by atoms with van der Waals surface area (Å²) < 4.78 is 61.8. The summed E-state index contributed by atoms with van der Waals surface area (Å²) in [6, 6.07) is 5.08. The quantitative estimate of drug-likeness (QED) is 0.843. The Bertz CT molecular complexity index is 510. The Morgan fingerprint density at radius 2 is 1.78 bits per heavy atom. The van der Waals surface area contributed by atoms with E-state index in [9.17, 15) is 21.6 Å². The summed E-state index contributed by atoms with van der Waals surface area (Å²) in [5, 5.41) is 0. The minimum Gasteiger partial charge on any atom is -0.212 e. The van der Waals surface area contributed by atoms with Crippen LogP contribution in [0.1, 0.15) is 5.56 Å². The van der Waals surface area contributed by atoms with Crippen molar-refractivity contribution in [3.63, 3.8) is 0 Å². The molecule has 1 fully saturated rings. The number of benzene rings is 1. The molecular formula is C11H12F3NO2S. The van der Waals surface area contributed by atoms with Gasteiger partial charge in [-0.2, -0.15) is 0 Å². The minimum atomic E-state index is -3.58. The van der Waals surface area contributed by atoms with Crippen LogP contribution in [0.3, 0.4) is 0 Å². The van der Waals surface area contributed by atoms with Crippen LogP contribution in [0.4, 0.5) is 13.2 Å². The second-order valence-electron chi connectivity index (χ2n) is 4.29. The largest absolute Gasteiger partial charge is 0.243 e. The van der Waals surface area contributed by atoms with E-state index in [-0.39, 0.29) is 18.8 Å². The Morgan fingerprint density at radius 3 is 2.28 bits per heavy atom. The molecule has 1 aliphatic heterocycles. The van der Waals surface area contributed by atoms with Crippen LogP contribution in [0.15, 0.2) is 24.3 Å². The molecule has 7 heteroatoms. The highest BCUT2D eigenvalue weighted by Crippen LogP contribution is 2.26. The molecule has 0 atom stereocenters. The van der Waals surface area contributed by atoms with Gasteiger partial charge in [0, 0.05) is 19.0 Å². The highest BCUT2D eigenvalue weighted by Gasteiger charge is 2.40. The molecule has 1 heterocycles. The van der Waals surface area contributed by atoms with Crippen LogP contribution < -0.4 is 0 Å². The monoisotopic (exact) mass is 279 g/mol. The lowest BCUT2D eigenvalue weighted by atomic mass is 10.1. The minimum absolute atomic E-state index is 0.138. The number of hydrogen-bond acceptors (Lipinski definition) is 2. The van der Waals surface area contributed by atoms with Gasteiger partial charge in [-0.15, -0.1) is 0 Å². The third-order valence-corrected chi connectivity index (χ3v) is 4.67. The van der Waals surface area contributed by atoms with Gasteiger partial charge in [0.25, 0.3) is 0 Å². The second kappa shape index (κ2) is 4.89. The molecule has 0 unspecified atom stereocenters. The van der Waals surface area contributed by atoms with E-state index >= 15 is 0 Å². The van der Waals surface area contributed by atoms with Crippen LogP contribution in [0, 0.1) is 11.7 Å². The van der Waals surface area contributed by atoms with Crippen molar-refractivity contribution in [1.29, 1.82) is 0 Å². The molecule has 18 heavy (non-hydrogen) atoms. The first-order valence-electron chi connectivity index (χ1n) is 5.39. The van der Waals surface area contributed by atoms with Crippen molar-refractivity contribution in [3.05, 3.63) is 35.6 Å². The lowest BCUT2D eigenvalue weighted by molar-refractivity contribution is 0.0123. The van der Waals surface area contributed by atoms with Crippen LogP contribution >= 0.6 is 0 Å². The number of nitrogens with zero attached hydrogens (tertiary/aromatic N) is 1. The van der Waals surface area contributed by atoms with Crippen molar-refractivity contribution in [2.24, 2.45) is 5.92 Å². The summed E-state index contributed by atoms with van der Waals surface area (Å²) in [6.07, 6.45) is -2.48. The Kier molecular flexibility index (Phi) is 3.63. The fourth-order valence-corrected chi connectivity index (χ4v) is 3.37. The maximum atomic E-state index is 12.7. The lowest BCUT2D eigenvalue weighted by Crippen LogP contribution is -2.52. The molecule has 0 spiro atoms. The Balaban J connectivity index is 1.99. The van der Waals surface area contributed by atoms with Crippen LogP contribution in [-0.4, -0.2) is 32.2 Å². The van der Waals surface area contributed by atoms with E-state index in [1.807, 2.05) is 0 Å². The van der Waals surface area contributed by atoms with Gasteiger partial charge in [0.05, 0.1) is 5.75 Å². The van der Waals surface area contributed by atoms with E-state index in [1.54, 1.807) is 0 Å². The molecule has 2 rings (SSSR count). The number of halogens is 3. The molecule has 3 nitrogen and oxygen atoms in total. The molecule has 0 amide bonds. The fraction of sp³-hybridized carbons (Fsp3) is 0.455. The predicted molar refractivity (Wildman–Crippen MR) is 60.1 cm³/mol. The molecule has 0 N–H and O–H groups in total. The van der Waals surface area contributed by atoms with Crippen LogP contribution in [-0.2, 0) is 15.8 Å². The van der Waals surface area contributed by atoms with E-state index in [1.165, 1.54) is 24.3 Å². The maximum Gasteiger partial charge on any atom is 0.243 e. The third-order valence-electron chi connectivity index (χ3n) is 2.89. The summed E-state index contributed by atoms with van der Waals surface area (Å²) in [5.74, 6) is -1.60. The van der Waals surface area contributed by atoms with Crippen molar-refractivity contribution < 1.29 is 21.6 Å². The zero-order chi connectivity index (χ0) is 13.3. The van der Waals surface area contributed by atoms with Gasteiger partial charge in [-0.3, -0.25) is 0 Å². The van der Waals surface area contributed by atoms with Gasteiger partial charge in [-0.05, 0) is 17.7 Å². The smallest absolute Gasteiger partial charge is 0.212 e. The lowest BCUT2D eigenvalue weighted by Gasteiger charge is -2.37. The van der Waals surface area contributed by atoms with Gasteiger partial charge in [-0.1, -0.05) is 12.1 Å². The van der Waals surface area contributed by atoms with E-state index in [0.29, 0.717) is 5.56 Å². The van der Waals surface area contributed by atoms with Gasteiger partial charge in [0.1, 0.15) is 5.82 Å². The topological polar surface area (TPSA) is 37.4 Å². The highest BCUT2D eigenvalue weighted by molar-refractivity contribution is 7.88. The Labute approximate surface area is 103 Å². The predicted octanol–water partition coefficient (Wildman–Crippen LogP) is 1.85. The Hall–Kier alpha value is -1.08. The average molecular weight is 279 g/mol. The van der Waals surface area contributed by atoms with Crippen molar-refractivity contribution in [1.82, 2.24) is 4.31 Å². The molecule has 0 bridgehead atoms. The van der Waals surface area contributed by atoms with Crippen molar-refractivity contribution in [3.8, 4) is 0 Å². The SMILES string of the molecule is O=S(=O)(Cc1ccc(F)cc1)N1CC(C(F)F)C1. The Morgan fingerprint density at radius 1 is 1.22 bits per heavy atom. The van der Waals surface area contributed by atoms with Gasteiger partial charge in [-0.25, -0.2) is 25.9 Å². The first kappa shape index (κ1) is 13.4. The maximum absolute atomic E-state index is 12.7. The zero-order valence-electron chi connectivity index (χ0n) is 9.39. The number of hydrogen-bond donors (Lipinski definition) is 0. The molecule has 1 aromatic carbocycles. The summed E-state index contributed by atoms with van der Waals surface area (Å²) in [6.45, 7) is -0.275. The molecule has 0 aliphatic carbocycles. The molecular weight excluding hydrogens is 267 g/mol. The standard InChI is InChI=1S/C11H12F3NO2S/c12-10-3-1-8(2-4-10)7-18(16,17)15-5-9(6-15)11(13)14/h1-4,9,11H,5-7H2. The van der Waals surface area contributed by atoms with Crippen molar-refractivity contribution in [2.45, 2.75) is 12.2 Å². The number of rotatable bonds is 4. The van der Waals surface area contributed by atoms with Gasteiger partial charge in [0.2, 0.25) is 16.4 Å². The molecule has 0 radical (unpaired) electrons. The molecule has 0 saturated carbocycles. The first-order chi connectivity index (χ1) is 8.38. The molecule has 1 aliphatic rings. The van der Waals surface area contributed by atoms with Crippen LogP contribution in [0.5, 0.6) is 0 Å². The zero-order valence-corrected chi connectivity index (χ0v) is 10.2. The first-order valence-corrected chi connectivity index (χ1v) is 7.00. The van der Waals surface area contributed by atoms with Gasteiger partial charge < -0.3 is 0 Å². The summed E-state index contributed by atoms with van der Waals surface area (Å²) in [7, 11) is -3.58. The fourth-order valence-electron chi connectivity index (χ4n) is 1.74. The van der Waals surface area contributed by atoms with Gasteiger partial charge >= 0.3 is 0 Å². The van der Waals surface area contributed by atoms with E-state index in [4.69, 9.17) is 0 Å². The number of alkyl halides is 2. The summed E-state index contributed by atoms with van der Waals surface area (Å²) >= 11 is 0. The van der Waals surface area contributed by atoms with Crippen LogP contribution in [0.25, 0.3) is 0 Å². The molecule has 100 valence electrons. The van der Waals surface area contributed by atoms with Crippen molar-refractivity contribution in [2.75, 3.05) is 13.1 Å². The highest BCUT2D eigenvalue weighted by atomic mass is 32.2. The molecule has 0 aromatic heterocycles. The van der Waals surface area contributed by atoms with E-state index in [2.05, 4.69) is 0 Å². The molecule has 1 aromatic rings. The second-order valence-corrected chi connectivity index (χ2v) is 6.26. The number of sulfonamides is 1. The summed E-state index contributed by atoms with van der Waals surface area (Å²) in [4.78, 5) is 0. The van der Waals surface area contributed by atoms with Crippen molar-refractivity contribution >= 4 is 10.0 Å². The molecule has 1 saturated heterocycles. The normalized spacial score (nSPS) is 18.0. The van der Waals surface area contributed by atoms with E-state index < -0.39 is 28.2 Å². The van der Waals surface area contributed by atoms with Gasteiger partial charge in [0.15, 0.2) is 0 Å².